The van der Waals surface area contributed by atoms with Crippen LogP contribution in [0.15, 0.2) is 39.8 Å². The number of aliphatic hydroxyl groups is 1. The third-order valence-electron chi connectivity index (χ3n) is 3.67. The number of primary sulfonamides is 1. The molecule has 0 radical (unpaired) electrons. The van der Waals surface area contributed by atoms with Crippen LogP contribution in [0, 0.1) is 23.3 Å². The second-order valence-corrected chi connectivity index (χ2v) is 6.93. The molecule has 27 heavy (non-hydrogen) atoms. The summed E-state index contributed by atoms with van der Waals surface area (Å²) in [6.45, 7) is -0.730. The number of hydrogen-bond donors (Lipinski definition) is 2. The molecule has 0 aliphatic heterocycles. The number of aliphatic hydroxyl groups excluding tert-OH is 1. The van der Waals surface area contributed by atoms with Crippen LogP contribution >= 0.6 is 0 Å². The van der Waals surface area contributed by atoms with Crippen LogP contribution < -0.4 is 5.14 Å². The predicted molar refractivity (Wildman–Crippen MR) is 84.5 cm³/mol. The van der Waals surface area contributed by atoms with Gasteiger partial charge in [0.05, 0.1) is 5.56 Å². The normalized spacial score (nSPS) is 11.8. The molecule has 0 spiro atoms. The van der Waals surface area contributed by atoms with Gasteiger partial charge < -0.3 is 9.63 Å². The molecule has 1 heterocycles. The van der Waals surface area contributed by atoms with E-state index in [-0.39, 0.29) is 28.1 Å². The topological polar surface area (TPSA) is 106 Å². The molecule has 3 N–H and O–H groups in total. The molecular weight excluding hydrogens is 392 g/mol. The Kier molecular flexibility index (Phi) is 4.76. The lowest BCUT2D eigenvalue weighted by Gasteiger charge is -2.08. The molecule has 0 aliphatic rings. The van der Waals surface area contributed by atoms with Gasteiger partial charge in [-0.1, -0.05) is 5.16 Å². The molecule has 0 amide bonds. The van der Waals surface area contributed by atoms with Crippen molar-refractivity contribution in [3.05, 3.63) is 59.4 Å². The summed E-state index contributed by atoms with van der Waals surface area (Å²) in [7, 11) is -4.67. The zero-order chi connectivity index (χ0) is 19.9. The lowest BCUT2D eigenvalue weighted by atomic mass is 9.99. The van der Waals surface area contributed by atoms with Crippen molar-refractivity contribution in [3.8, 4) is 22.4 Å². The molecule has 0 saturated carbocycles. The summed E-state index contributed by atoms with van der Waals surface area (Å²) in [6.07, 6.45) is 0. The molecular formula is C16H10F4N2O4S. The van der Waals surface area contributed by atoms with Gasteiger partial charge in [-0.3, -0.25) is 0 Å². The van der Waals surface area contributed by atoms with Crippen LogP contribution in [0.3, 0.4) is 0 Å². The summed E-state index contributed by atoms with van der Waals surface area (Å²) in [5, 5.41) is 17.8. The Morgan fingerprint density at radius 3 is 2.07 bits per heavy atom. The van der Waals surface area contributed by atoms with E-state index >= 15 is 0 Å². The van der Waals surface area contributed by atoms with Gasteiger partial charge >= 0.3 is 0 Å². The summed E-state index contributed by atoms with van der Waals surface area (Å²) in [4.78, 5) is -1.33. The highest BCUT2D eigenvalue weighted by molar-refractivity contribution is 7.89. The van der Waals surface area contributed by atoms with Crippen molar-refractivity contribution in [3.63, 3.8) is 0 Å². The van der Waals surface area contributed by atoms with E-state index in [2.05, 4.69) is 5.16 Å². The van der Waals surface area contributed by atoms with Crippen LogP contribution in [0.4, 0.5) is 17.6 Å². The number of rotatable bonds is 4. The Hall–Kier alpha value is -2.76. The van der Waals surface area contributed by atoms with Crippen molar-refractivity contribution in [2.45, 2.75) is 11.5 Å². The van der Waals surface area contributed by atoms with E-state index in [4.69, 9.17) is 9.66 Å². The molecule has 3 aromatic rings. The molecule has 0 saturated heterocycles. The Balaban J connectivity index is 2.26. The minimum atomic E-state index is -4.67. The molecule has 142 valence electrons. The van der Waals surface area contributed by atoms with Crippen LogP contribution in [0.25, 0.3) is 22.4 Å². The van der Waals surface area contributed by atoms with Gasteiger partial charge in [0.25, 0.3) is 0 Å². The van der Waals surface area contributed by atoms with Crippen LogP contribution in [-0.2, 0) is 16.6 Å². The van der Waals surface area contributed by atoms with E-state index in [1.165, 1.54) is 0 Å². The van der Waals surface area contributed by atoms with Crippen molar-refractivity contribution in [2.24, 2.45) is 5.14 Å². The van der Waals surface area contributed by atoms with Gasteiger partial charge in [-0.25, -0.2) is 31.1 Å². The molecule has 0 unspecified atom stereocenters. The fraction of sp³-hybridized carbons (Fsp3) is 0.0625. The maximum atomic E-state index is 14.2. The number of nitrogens with two attached hydrogens (primary N) is 1. The first kappa shape index (κ1) is 19.0. The molecule has 3 rings (SSSR count). The van der Waals surface area contributed by atoms with Crippen molar-refractivity contribution in [1.29, 1.82) is 0 Å². The maximum absolute atomic E-state index is 14.2. The highest BCUT2D eigenvalue weighted by Gasteiger charge is 2.26. The average molecular weight is 402 g/mol. The Labute approximate surface area is 149 Å². The maximum Gasteiger partial charge on any atom is 0.243 e. The molecule has 2 aromatic carbocycles. The van der Waals surface area contributed by atoms with Crippen LogP contribution in [0.1, 0.15) is 5.76 Å². The van der Waals surface area contributed by atoms with Gasteiger partial charge in [0, 0.05) is 5.56 Å². The highest BCUT2D eigenvalue weighted by atomic mass is 32.2. The Morgan fingerprint density at radius 2 is 1.56 bits per heavy atom. The van der Waals surface area contributed by atoms with E-state index in [0.717, 1.165) is 18.2 Å². The van der Waals surface area contributed by atoms with E-state index in [1.54, 1.807) is 0 Å². The minimum absolute atomic E-state index is 0.00342. The minimum Gasteiger partial charge on any atom is -0.388 e. The standard InChI is InChI=1S/C16H10F4N2O4S/c17-9-2-1-7(3-10(9)18)15-14(13(6-23)26-22-15)8-4-11(19)16(12(20)5-8)27(21,24)25/h1-5,23H,6H2,(H2,21,24,25). The number of sulfonamides is 1. The lowest BCUT2D eigenvalue weighted by molar-refractivity contribution is 0.230. The van der Waals surface area contributed by atoms with E-state index in [0.29, 0.717) is 12.1 Å². The zero-order valence-corrected chi connectivity index (χ0v) is 14.0. The van der Waals surface area contributed by atoms with Crippen molar-refractivity contribution >= 4 is 10.0 Å². The molecule has 11 heteroatoms. The number of benzene rings is 2. The van der Waals surface area contributed by atoms with Crippen molar-refractivity contribution < 1.29 is 35.6 Å². The van der Waals surface area contributed by atoms with Crippen molar-refractivity contribution in [2.75, 3.05) is 0 Å². The average Bonchev–Trinajstić information content (AvgIpc) is 2.99. The summed E-state index contributed by atoms with van der Waals surface area (Å²) in [6, 6.07) is 4.04. The van der Waals surface area contributed by atoms with Crippen LogP contribution in [0.5, 0.6) is 0 Å². The molecule has 0 bridgehead atoms. The quantitative estimate of drug-likeness (QED) is 0.653. The van der Waals surface area contributed by atoms with Gasteiger partial charge in [-0.2, -0.15) is 0 Å². The highest BCUT2D eigenvalue weighted by Crippen LogP contribution is 2.37. The fourth-order valence-corrected chi connectivity index (χ4v) is 3.21. The molecule has 0 aliphatic carbocycles. The van der Waals surface area contributed by atoms with Gasteiger partial charge in [0.2, 0.25) is 10.0 Å². The van der Waals surface area contributed by atoms with Crippen LogP contribution in [0.2, 0.25) is 0 Å². The van der Waals surface area contributed by atoms with Gasteiger partial charge in [0.1, 0.15) is 23.9 Å². The molecule has 6 nitrogen and oxygen atoms in total. The Morgan fingerprint density at radius 1 is 0.963 bits per heavy atom. The SMILES string of the molecule is NS(=O)(=O)c1c(F)cc(-c2c(-c3ccc(F)c(F)c3)noc2CO)cc1F. The molecule has 1 aromatic heterocycles. The fourth-order valence-electron chi connectivity index (χ4n) is 2.55. The zero-order valence-electron chi connectivity index (χ0n) is 13.2. The van der Waals surface area contributed by atoms with Gasteiger partial charge in [0.15, 0.2) is 22.3 Å². The summed E-state index contributed by atoms with van der Waals surface area (Å²) in [5.74, 6) is -5.51. The van der Waals surface area contributed by atoms with Crippen LogP contribution in [-0.4, -0.2) is 18.7 Å². The van der Waals surface area contributed by atoms with E-state index in [1.807, 2.05) is 0 Å². The summed E-state index contributed by atoms with van der Waals surface area (Å²) in [5.41, 5.74) is -0.506. The number of hydrogen-bond acceptors (Lipinski definition) is 5. The summed E-state index contributed by atoms with van der Waals surface area (Å²) >= 11 is 0. The third-order valence-corrected chi connectivity index (χ3v) is 4.63. The molecule has 0 fully saturated rings. The van der Waals surface area contributed by atoms with Crippen molar-refractivity contribution in [1.82, 2.24) is 5.16 Å². The second kappa shape index (κ2) is 6.76. The van der Waals surface area contributed by atoms with Gasteiger partial charge in [-0.15, -0.1) is 0 Å². The number of nitrogens with zero attached hydrogens (tertiary/aromatic N) is 1. The van der Waals surface area contributed by atoms with E-state index in [9.17, 15) is 31.1 Å². The number of halogens is 4. The third kappa shape index (κ3) is 3.44. The molecule has 0 atom stereocenters. The lowest BCUT2D eigenvalue weighted by Crippen LogP contribution is -2.16. The first-order chi connectivity index (χ1) is 12.6. The largest absolute Gasteiger partial charge is 0.388 e. The monoisotopic (exact) mass is 402 g/mol. The van der Waals surface area contributed by atoms with E-state index < -0.39 is 44.8 Å². The number of aromatic nitrogens is 1. The Bertz CT molecular complexity index is 1120. The first-order valence-corrected chi connectivity index (χ1v) is 8.75. The smallest absolute Gasteiger partial charge is 0.243 e. The summed E-state index contributed by atoms with van der Waals surface area (Å²) < 4.78 is 82.5. The van der Waals surface area contributed by atoms with Gasteiger partial charge in [-0.05, 0) is 35.9 Å². The predicted octanol–water partition coefficient (Wildman–Crippen LogP) is 2.70. The first-order valence-electron chi connectivity index (χ1n) is 7.20. The second-order valence-electron chi connectivity index (χ2n) is 5.43.